The summed E-state index contributed by atoms with van der Waals surface area (Å²) in [5, 5.41) is 0.913. The van der Waals surface area contributed by atoms with Crippen molar-refractivity contribution >= 4 is 17.4 Å². The summed E-state index contributed by atoms with van der Waals surface area (Å²) in [7, 11) is 1.95. The highest BCUT2D eigenvalue weighted by atomic mass is 32.2. The Morgan fingerprint density at radius 3 is 2.90 bits per heavy atom. The van der Waals surface area contributed by atoms with Gasteiger partial charge in [0.15, 0.2) is 5.16 Å². The Morgan fingerprint density at radius 2 is 2.15 bits per heavy atom. The van der Waals surface area contributed by atoms with Crippen molar-refractivity contribution in [3.8, 4) is 0 Å². The Labute approximate surface area is 120 Å². The van der Waals surface area contributed by atoms with E-state index in [1.54, 1.807) is 34.6 Å². The molecule has 0 aromatic carbocycles. The summed E-state index contributed by atoms with van der Waals surface area (Å²) in [5.41, 5.74) is 2.50. The van der Waals surface area contributed by atoms with Crippen LogP contribution in [0.3, 0.4) is 0 Å². The molecule has 0 unspecified atom stereocenters. The Balaban J connectivity index is 1.92. The molecular weight excluding hydrogens is 272 g/mol. The van der Waals surface area contributed by atoms with Crippen molar-refractivity contribution in [3.63, 3.8) is 0 Å². The van der Waals surface area contributed by atoms with Gasteiger partial charge in [-0.15, -0.1) is 0 Å². The molecule has 0 N–H and O–H groups in total. The van der Waals surface area contributed by atoms with Gasteiger partial charge in [0.05, 0.1) is 5.69 Å². The zero-order chi connectivity index (χ0) is 14.1. The molecule has 6 heteroatoms. The third-order valence-corrected chi connectivity index (χ3v) is 4.09. The van der Waals surface area contributed by atoms with Crippen molar-refractivity contribution in [1.29, 1.82) is 0 Å². The molecule has 0 aliphatic rings. The highest BCUT2D eigenvalue weighted by molar-refractivity contribution is 7.98. The molecule has 3 aromatic heterocycles. The molecule has 0 aliphatic carbocycles. The summed E-state index contributed by atoms with van der Waals surface area (Å²) in [5.74, 6) is 0.629. The fraction of sp³-hybridized carbons (Fsp3) is 0.214. The molecule has 3 heterocycles. The Bertz CT molecular complexity index is 821. The molecule has 0 atom stereocenters. The molecule has 102 valence electrons. The molecule has 0 radical (unpaired) electrons. The van der Waals surface area contributed by atoms with Crippen LogP contribution < -0.4 is 5.56 Å². The minimum absolute atomic E-state index is 0.0505. The minimum atomic E-state index is -0.0505. The summed E-state index contributed by atoms with van der Waals surface area (Å²) in [6, 6.07) is 5.40. The van der Waals surface area contributed by atoms with Crippen molar-refractivity contribution in [2.24, 2.45) is 7.05 Å². The van der Waals surface area contributed by atoms with Crippen LogP contribution in [-0.4, -0.2) is 18.9 Å². The standard InChI is InChI=1S/C14H14N4OS/c1-10-3-5-18-12(7-10)16-11(8-13(18)19)9-20-14-15-4-6-17(14)2/h3-8H,9H2,1-2H3. The number of imidazole rings is 1. The van der Waals surface area contributed by atoms with Crippen molar-refractivity contribution in [3.05, 3.63) is 58.4 Å². The van der Waals surface area contributed by atoms with Gasteiger partial charge in [-0.1, -0.05) is 11.8 Å². The van der Waals surface area contributed by atoms with Crippen LogP contribution in [0.5, 0.6) is 0 Å². The van der Waals surface area contributed by atoms with E-state index in [2.05, 4.69) is 9.97 Å². The van der Waals surface area contributed by atoms with E-state index >= 15 is 0 Å². The lowest BCUT2D eigenvalue weighted by Crippen LogP contribution is -2.15. The average molecular weight is 286 g/mol. The number of hydrogen-bond donors (Lipinski definition) is 0. The van der Waals surface area contributed by atoms with Crippen LogP contribution in [0.15, 0.2) is 46.7 Å². The summed E-state index contributed by atoms with van der Waals surface area (Å²) >= 11 is 1.57. The van der Waals surface area contributed by atoms with E-state index in [0.717, 1.165) is 16.4 Å². The van der Waals surface area contributed by atoms with E-state index in [9.17, 15) is 4.79 Å². The van der Waals surface area contributed by atoms with Gasteiger partial charge in [0.25, 0.3) is 5.56 Å². The molecule has 3 rings (SSSR count). The second-order valence-corrected chi connectivity index (χ2v) is 5.57. The van der Waals surface area contributed by atoms with E-state index in [1.165, 1.54) is 0 Å². The number of aryl methyl sites for hydroxylation is 2. The third kappa shape index (κ3) is 2.46. The molecule has 0 saturated heterocycles. The predicted octanol–water partition coefficient (Wildman–Crippen LogP) is 2.03. The van der Waals surface area contributed by atoms with E-state index < -0.39 is 0 Å². The molecule has 5 nitrogen and oxygen atoms in total. The smallest absolute Gasteiger partial charge is 0.258 e. The maximum atomic E-state index is 12.0. The number of pyridine rings is 1. The molecular formula is C14H14N4OS. The van der Waals surface area contributed by atoms with Gasteiger partial charge in [0.1, 0.15) is 5.65 Å². The summed E-state index contributed by atoms with van der Waals surface area (Å²) in [6.07, 6.45) is 5.42. The van der Waals surface area contributed by atoms with E-state index in [1.807, 2.05) is 36.9 Å². The molecule has 3 aromatic rings. The van der Waals surface area contributed by atoms with Crippen LogP contribution in [0.2, 0.25) is 0 Å². The van der Waals surface area contributed by atoms with Gasteiger partial charge in [-0.2, -0.15) is 0 Å². The van der Waals surface area contributed by atoms with E-state index in [-0.39, 0.29) is 5.56 Å². The molecule has 0 aliphatic heterocycles. The molecule has 0 amide bonds. The average Bonchev–Trinajstić information content (AvgIpc) is 2.81. The first-order chi connectivity index (χ1) is 9.63. The Hall–Kier alpha value is -2.08. The van der Waals surface area contributed by atoms with Crippen molar-refractivity contribution < 1.29 is 0 Å². The topological polar surface area (TPSA) is 52.2 Å². The van der Waals surface area contributed by atoms with E-state index in [0.29, 0.717) is 11.4 Å². The van der Waals surface area contributed by atoms with Crippen LogP contribution in [-0.2, 0) is 12.8 Å². The number of fused-ring (bicyclic) bond motifs is 1. The largest absolute Gasteiger partial charge is 0.329 e. The van der Waals surface area contributed by atoms with Gasteiger partial charge in [0, 0.05) is 37.5 Å². The van der Waals surface area contributed by atoms with Crippen LogP contribution >= 0.6 is 11.8 Å². The molecule has 0 bridgehead atoms. The first-order valence-electron chi connectivity index (χ1n) is 6.22. The third-order valence-electron chi connectivity index (χ3n) is 3.00. The predicted molar refractivity (Wildman–Crippen MR) is 79.0 cm³/mol. The second kappa shape index (κ2) is 5.13. The van der Waals surface area contributed by atoms with Crippen LogP contribution in [0.25, 0.3) is 5.65 Å². The van der Waals surface area contributed by atoms with Crippen molar-refractivity contribution in [2.45, 2.75) is 17.8 Å². The first kappa shape index (κ1) is 12.9. The number of nitrogens with zero attached hydrogens (tertiary/aromatic N) is 4. The molecule has 0 saturated carbocycles. The van der Waals surface area contributed by atoms with Gasteiger partial charge in [-0.25, -0.2) is 9.97 Å². The monoisotopic (exact) mass is 286 g/mol. The van der Waals surface area contributed by atoms with Gasteiger partial charge >= 0.3 is 0 Å². The zero-order valence-electron chi connectivity index (χ0n) is 11.3. The summed E-state index contributed by atoms with van der Waals surface area (Å²) < 4.78 is 3.50. The van der Waals surface area contributed by atoms with Gasteiger partial charge < -0.3 is 4.57 Å². The molecule has 0 spiro atoms. The number of aromatic nitrogens is 4. The highest BCUT2D eigenvalue weighted by Crippen LogP contribution is 2.19. The van der Waals surface area contributed by atoms with Crippen molar-refractivity contribution in [2.75, 3.05) is 0 Å². The summed E-state index contributed by atoms with van der Waals surface area (Å²) in [4.78, 5) is 20.8. The molecule has 20 heavy (non-hydrogen) atoms. The lowest BCUT2D eigenvalue weighted by atomic mass is 10.3. The van der Waals surface area contributed by atoms with E-state index in [4.69, 9.17) is 0 Å². The maximum Gasteiger partial charge on any atom is 0.258 e. The number of rotatable bonds is 3. The first-order valence-corrected chi connectivity index (χ1v) is 7.21. The van der Waals surface area contributed by atoms with Gasteiger partial charge in [-0.05, 0) is 24.6 Å². The number of hydrogen-bond acceptors (Lipinski definition) is 4. The fourth-order valence-corrected chi connectivity index (χ4v) is 2.78. The highest BCUT2D eigenvalue weighted by Gasteiger charge is 2.05. The van der Waals surface area contributed by atoms with Gasteiger partial charge in [0.2, 0.25) is 0 Å². The fourth-order valence-electron chi connectivity index (χ4n) is 1.96. The lowest BCUT2D eigenvalue weighted by Gasteiger charge is -2.05. The Morgan fingerprint density at radius 1 is 1.30 bits per heavy atom. The zero-order valence-corrected chi connectivity index (χ0v) is 12.1. The van der Waals surface area contributed by atoms with Crippen molar-refractivity contribution in [1.82, 2.24) is 18.9 Å². The summed E-state index contributed by atoms with van der Waals surface area (Å²) in [6.45, 7) is 1.99. The number of thioether (sulfide) groups is 1. The lowest BCUT2D eigenvalue weighted by molar-refractivity contribution is 0.789. The second-order valence-electron chi connectivity index (χ2n) is 4.63. The van der Waals surface area contributed by atoms with Crippen LogP contribution in [0, 0.1) is 6.92 Å². The quantitative estimate of drug-likeness (QED) is 0.691. The molecule has 0 fully saturated rings. The minimum Gasteiger partial charge on any atom is -0.329 e. The van der Waals surface area contributed by atoms with Crippen LogP contribution in [0.4, 0.5) is 0 Å². The SMILES string of the molecule is Cc1ccn2c(=O)cc(CSc3nccn3C)nc2c1. The maximum absolute atomic E-state index is 12.0. The van der Waals surface area contributed by atoms with Crippen LogP contribution in [0.1, 0.15) is 11.3 Å². The Kier molecular flexibility index (Phi) is 3.31. The normalized spacial score (nSPS) is 11.1. The van der Waals surface area contributed by atoms with Gasteiger partial charge in [-0.3, -0.25) is 9.20 Å².